The largest absolute Gasteiger partial charge is 0.432 e. The van der Waals surface area contributed by atoms with E-state index >= 15 is 0 Å². The fourth-order valence-corrected chi connectivity index (χ4v) is 4.92. The number of nitrogens with zero attached hydrogens (tertiary/aromatic N) is 2. The van der Waals surface area contributed by atoms with Crippen LogP contribution in [0.1, 0.15) is 30.1 Å². The van der Waals surface area contributed by atoms with E-state index in [9.17, 15) is 4.79 Å². The van der Waals surface area contributed by atoms with E-state index in [1.807, 2.05) is 30.3 Å². The maximum atomic E-state index is 12.8. The number of amides is 1. The zero-order valence-electron chi connectivity index (χ0n) is 17.4. The molecule has 2 bridgehead atoms. The second-order valence-electron chi connectivity index (χ2n) is 8.46. The molecule has 6 rings (SSSR count). The predicted molar refractivity (Wildman–Crippen MR) is 113 cm³/mol. The molecule has 30 heavy (non-hydrogen) atoms. The Balaban J connectivity index is 1.19. The number of piperidine rings is 3. The third kappa shape index (κ3) is 3.91. The predicted octanol–water partition coefficient (Wildman–Crippen LogP) is 3.12. The van der Waals surface area contributed by atoms with Gasteiger partial charge < -0.3 is 24.1 Å². The van der Waals surface area contributed by atoms with E-state index < -0.39 is 0 Å². The third-order valence-corrected chi connectivity index (χ3v) is 6.75. The van der Waals surface area contributed by atoms with Crippen LogP contribution in [0.25, 0.3) is 0 Å². The zero-order chi connectivity index (χ0) is 20.5. The number of benzene rings is 1. The van der Waals surface area contributed by atoms with Gasteiger partial charge in [0.2, 0.25) is 0 Å². The van der Waals surface area contributed by atoms with Crippen molar-refractivity contribution in [1.82, 2.24) is 10.2 Å². The summed E-state index contributed by atoms with van der Waals surface area (Å²) in [6.07, 6.45) is 4.06. The second-order valence-corrected chi connectivity index (χ2v) is 8.46. The number of hydrogen-bond donors (Lipinski definition) is 1. The van der Waals surface area contributed by atoms with Crippen molar-refractivity contribution in [2.45, 2.75) is 31.8 Å². The number of fused-ring (bicyclic) bond motifs is 3. The summed E-state index contributed by atoms with van der Waals surface area (Å²) in [6, 6.07) is 9.77. The van der Waals surface area contributed by atoms with Crippen LogP contribution in [-0.2, 0) is 4.74 Å². The van der Waals surface area contributed by atoms with Crippen molar-refractivity contribution in [1.29, 1.82) is 0 Å². The summed E-state index contributed by atoms with van der Waals surface area (Å²) in [7, 11) is 0. The molecular formula is C23H29N3O4. The van der Waals surface area contributed by atoms with Gasteiger partial charge in [0.1, 0.15) is 12.0 Å². The zero-order valence-corrected chi connectivity index (χ0v) is 17.4. The number of ether oxygens (including phenoxy) is 2. The molecule has 0 spiro atoms. The highest BCUT2D eigenvalue weighted by atomic mass is 16.6. The minimum Gasteiger partial charge on any atom is -0.432 e. The quantitative estimate of drug-likeness (QED) is 0.816. The molecule has 1 aromatic carbocycles. The van der Waals surface area contributed by atoms with Crippen molar-refractivity contribution in [2.24, 2.45) is 5.92 Å². The van der Waals surface area contributed by atoms with Crippen LogP contribution in [0.15, 0.2) is 41.0 Å². The average molecular weight is 412 g/mol. The van der Waals surface area contributed by atoms with E-state index in [1.54, 1.807) is 6.26 Å². The van der Waals surface area contributed by atoms with Gasteiger partial charge in [-0.1, -0.05) is 0 Å². The van der Waals surface area contributed by atoms with Gasteiger partial charge in [-0.2, -0.15) is 0 Å². The topological polar surface area (TPSA) is 67.2 Å². The first-order valence-corrected chi connectivity index (χ1v) is 10.9. The molecule has 4 aliphatic rings. The molecule has 4 aliphatic heterocycles. The van der Waals surface area contributed by atoms with Crippen molar-refractivity contribution >= 4 is 11.6 Å². The van der Waals surface area contributed by atoms with Crippen molar-refractivity contribution < 1.29 is 18.7 Å². The molecular weight excluding hydrogens is 382 g/mol. The molecule has 2 atom stereocenters. The monoisotopic (exact) mass is 411 g/mol. The van der Waals surface area contributed by atoms with Crippen molar-refractivity contribution in [2.75, 3.05) is 44.3 Å². The van der Waals surface area contributed by atoms with Crippen molar-refractivity contribution in [3.05, 3.63) is 42.2 Å². The molecule has 1 amide bonds. The lowest BCUT2D eigenvalue weighted by molar-refractivity contribution is 0.0217. The van der Waals surface area contributed by atoms with Gasteiger partial charge in [-0.05, 0) is 63.0 Å². The highest BCUT2D eigenvalue weighted by molar-refractivity contribution is 5.94. The Hall–Kier alpha value is -2.51. The first-order chi connectivity index (χ1) is 14.7. The van der Waals surface area contributed by atoms with Crippen LogP contribution in [0.3, 0.4) is 0 Å². The van der Waals surface area contributed by atoms with Crippen LogP contribution in [-0.4, -0.2) is 62.3 Å². The average Bonchev–Trinajstić information content (AvgIpc) is 3.26. The molecule has 7 nitrogen and oxygen atoms in total. The van der Waals surface area contributed by atoms with E-state index in [1.165, 1.54) is 12.8 Å². The Morgan fingerprint density at radius 1 is 1.10 bits per heavy atom. The van der Waals surface area contributed by atoms with Gasteiger partial charge in [-0.25, -0.2) is 0 Å². The van der Waals surface area contributed by atoms with Crippen LogP contribution in [0.2, 0.25) is 0 Å². The van der Waals surface area contributed by atoms with Gasteiger partial charge in [0.25, 0.3) is 11.9 Å². The van der Waals surface area contributed by atoms with Gasteiger partial charge in [-0.15, -0.1) is 0 Å². The molecule has 2 aromatic rings. The summed E-state index contributed by atoms with van der Waals surface area (Å²) in [5.41, 5.74) is 1.65. The van der Waals surface area contributed by atoms with Crippen molar-refractivity contribution in [3.63, 3.8) is 0 Å². The summed E-state index contributed by atoms with van der Waals surface area (Å²) in [4.78, 5) is 17.5. The van der Waals surface area contributed by atoms with E-state index in [0.717, 1.165) is 45.1 Å². The number of hydrogen-bond acceptors (Lipinski definition) is 6. The fraction of sp³-hybridized carbons (Fsp3) is 0.522. The van der Waals surface area contributed by atoms with Crippen LogP contribution >= 0.6 is 0 Å². The lowest BCUT2D eigenvalue weighted by Gasteiger charge is -2.49. The molecule has 0 saturated carbocycles. The maximum absolute atomic E-state index is 12.8. The van der Waals surface area contributed by atoms with E-state index in [2.05, 4.69) is 22.0 Å². The fourth-order valence-electron chi connectivity index (χ4n) is 4.92. The molecule has 4 fully saturated rings. The standard InChI is InChI=1S/C23H29N3O4/c1-16-22(17-6-8-25(16)9-7-17)24-23(27)18-2-4-20(5-3-18)30-21-14-19(15-29-21)26-10-12-28-13-11-26/h2-5,14-17,22H,6-13H2,1H3,(H,24,27). The Bertz CT molecular complexity index is 865. The number of carbonyl (C=O) groups excluding carboxylic acids is 1. The highest BCUT2D eigenvalue weighted by Gasteiger charge is 2.40. The summed E-state index contributed by atoms with van der Waals surface area (Å²) in [5.74, 6) is 1.66. The Morgan fingerprint density at radius 2 is 1.83 bits per heavy atom. The van der Waals surface area contributed by atoms with Crippen LogP contribution in [0, 0.1) is 5.92 Å². The van der Waals surface area contributed by atoms with Crippen LogP contribution in [0.4, 0.5) is 5.69 Å². The number of furan rings is 1. The highest BCUT2D eigenvalue weighted by Crippen LogP contribution is 2.32. The van der Waals surface area contributed by atoms with E-state index in [-0.39, 0.29) is 11.9 Å². The maximum Gasteiger partial charge on any atom is 0.291 e. The van der Waals surface area contributed by atoms with Gasteiger partial charge in [0, 0.05) is 36.8 Å². The smallest absolute Gasteiger partial charge is 0.291 e. The SMILES string of the molecule is CC1C(NC(=O)c2ccc(Oc3cc(N4CCOCC4)co3)cc2)C2CCN1CC2. The van der Waals surface area contributed by atoms with E-state index in [0.29, 0.717) is 29.2 Å². The van der Waals surface area contributed by atoms with Crippen molar-refractivity contribution in [3.8, 4) is 11.7 Å². The first-order valence-electron chi connectivity index (χ1n) is 10.9. The number of carbonyl (C=O) groups is 1. The minimum absolute atomic E-state index is 0.0141. The molecule has 1 N–H and O–H groups in total. The normalized spacial score (nSPS) is 28.4. The molecule has 1 aromatic heterocycles. The number of nitrogens with one attached hydrogen (secondary N) is 1. The van der Waals surface area contributed by atoms with Gasteiger partial charge in [0.05, 0.1) is 18.9 Å². The molecule has 4 saturated heterocycles. The lowest BCUT2D eigenvalue weighted by atomic mass is 9.79. The molecule has 2 unspecified atom stereocenters. The molecule has 7 heteroatoms. The number of anilines is 1. The summed E-state index contributed by atoms with van der Waals surface area (Å²) >= 11 is 0. The first kappa shape index (κ1) is 19.5. The summed E-state index contributed by atoms with van der Waals surface area (Å²) in [5, 5.41) is 3.27. The molecule has 0 radical (unpaired) electrons. The van der Waals surface area contributed by atoms with E-state index in [4.69, 9.17) is 13.9 Å². The second kappa shape index (κ2) is 8.32. The Labute approximate surface area is 176 Å². The lowest BCUT2D eigenvalue weighted by Crippen LogP contribution is -2.62. The molecule has 0 aliphatic carbocycles. The number of morpholine rings is 1. The number of rotatable bonds is 5. The van der Waals surface area contributed by atoms with Crippen LogP contribution < -0.4 is 15.0 Å². The Kier molecular flexibility index (Phi) is 5.39. The van der Waals surface area contributed by atoms with Crippen LogP contribution in [0.5, 0.6) is 11.7 Å². The molecule has 5 heterocycles. The Morgan fingerprint density at radius 3 is 2.53 bits per heavy atom. The minimum atomic E-state index is -0.0141. The summed E-state index contributed by atoms with van der Waals surface area (Å²) in [6.45, 7) is 7.69. The summed E-state index contributed by atoms with van der Waals surface area (Å²) < 4.78 is 16.8. The third-order valence-electron chi connectivity index (χ3n) is 6.75. The van der Waals surface area contributed by atoms with Gasteiger partial charge in [-0.3, -0.25) is 9.69 Å². The van der Waals surface area contributed by atoms with Gasteiger partial charge >= 0.3 is 0 Å². The molecule has 160 valence electrons. The van der Waals surface area contributed by atoms with Gasteiger partial charge in [0.15, 0.2) is 0 Å².